The predicted molar refractivity (Wildman–Crippen MR) is 191 cm³/mol. The van der Waals surface area contributed by atoms with Gasteiger partial charge in [-0.2, -0.15) is 14.3 Å². The van der Waals surface area contributed by atoms with Gasteiger partial charge in [-0.3, -0.25) is 14.7 Å². The minimum atomic E-state index is -0.908. The molecule has 3 aromatic heterocycles. The fourth-order valence-corrected chi connectivity index (χ4v) is 8.52. The first-order valence-electron chi connectivity index (χ1n) is 16.7. The van der Waals surface area contributed by atoms with Crippen molar-refractivity contribution in [3.63, 3.8) is 0 Å². The molecule has 50 heavy (non-hydrogen) atoms. The summed E-state index contributed by atoms with van der Waals surface area (Å²) in [6.45, 7) is 4.93. The SMILES string of the molecule is Cc1nsc(/C=C/C(=O)N2CC(CN(C)c3nc(OC[C@@]45CCCN4C[C@H](F)C5)nc4c(F)c(-c5cccc6cccc(Cl)c56)ncc34)C2)n1. The number of nitrogens with zero attached hydrogens (tertiary/aromatic N) is 8. The molecule has 258 valence electrons. The molecule has 5 aromatic rings. The van der Waals surface area contributed by atoms with Crippen molar-refractivity contribution in [1.29, 1.82) is 0 Å². The van der Waals surface area contributed by atoms with Crippen LogP contribution in [0.15, 0.2) is 48.7 Å². The van der Waals surface area contributed by atoms with E-state index in [1.54, 1.807) is 29.3 Å². The fourth-order valence-electron chi connectivity index (χ4n) is 7.67. The van der Waals surface area contributed by atoms with Gasteiger partial charge >= 0.3 is 6.01 Å². The van der Waals surface area contributed by atoms with Crippen LogP contribution in [0.1, 0.15) is 30.1 Å². The van der Waals surface area contributed by atoms with Gasteiger partial charge in [-0.15, -0.1) is 0 Å². The van der Waals surface area contributed by atoms with E-state index in [0.29, 0.717) is 70.6 Å². The number of amides is 1. The number of pyridine rings is 1. The number of hydrogen-bond donors (Lipinski definition) is 0. The Kier molecular flexibility index (Phi) is 8.60. The van der Waals surface area contributed by atoms with Crippen LogP contribution in [0, 0.1) is 18.7 Å². The molecule has 8 rings (SSSR count). The lowest BCUT2D eigenvalue weighted by atomic mass is 9.95. The van der Waals surface area contributed by atoms with E-state index in [2.05, 4.69) is 24.2 Å². The van der Waals surface area contributed by atoms with Crippen LogP contribution in [-0.4, -0.2) is 98.1 Å². The number of benzene rings is 2. The number of hydrogen-bond acceptors (Lipinski definition) is 10. The first-order valence-corrected chi connectivity index (χ1v) is 17.9. The molecule has 0 aliphatic carbocycles. The Bertz CT molecular complexity index is 2140. The van der Waals surface area contributed by atoms with Gasteiger partial charge in [0.25, 0.3) is 0 Å². The molecule has 0 bridgehead atoms. The average Bonchev–Trinajstić information content (AvgIpc) is 3.77. The number of aryl methyl sites for hydroxylation is 1. The van der Waals surface area contributed by atoms with Gasteiger partial charge in [-0.05, 0) is 55.4 Å². The zero-order valence-electron chi connectivity index (χ0n) is 27.7. The van der Waals surface area contributed by atoms with Gasteiger partial charge in [0.1, 0.15) is 40.6 Å². The number of ether oxygens (including phenoxy) is 1. The van der Waals surface area contributed by atoms with Crippen LogP contribution in [0.25, 0.3) is 39.0 Å². The van der Waals surface area contributed by atoms with Gasteiger partial charge in [0, 0.05) is 73.8 Å². The fraction of sp³-hybridized carbons (Fsp3) is 0.389. The van der Waals surface area contributed by atoms with E-state index in [1.807, 2.05) is 43.1 Å². The zero-order valence-corrected chi connectivity index (χ0v) is 29.2. The molecule has 0 saturated carbocycles. The first-order chi connectivity index (χ1) is 24.2. The molecule has 2 atom stereocenters. The van der Waals surface area contributed by atoms with E-state index in [1.165, 1.54) is 17.6 Å². The highest BCUT2D eigenvalue weighted by atomic mass is 35.5. The van der Waals surface area contributed by atoms with Crippen molar-refractivity contribution >= 4 is 62.6 Å². The van der Waals surface area contributed by atoms with Crippen molar-refractivity contribution in [2.45, 2.75) is 37.9 Å². The van der Waals surface area contributed by atoms with Crippen molar-refractivity contribution in [3.05, 3.63) is 70.3 Å². The smallest absolute Gasteiger partial charge is 0.319 e. The largest absolute Gasteiger partial charge is 0.461 e. The van der Waals surface area contributed by atoms with E-state index in [9.17, 15) is 9.18 Å². The molecule has 10 nitrogen and oxygen atoms in total. The summed E-state index contributed by atoms with van der Waals surface area (Å²) >= 11 is 7.86. The van der Waals surface area contributed by atoms with E-state index in [-0.39, 0.29) is 35.7 Å². The highest BCUT2D eigenvalue weighted by Gasteiger charge is 2.49. The summed E-state index contributed by atoms with van der Waals surface area (Å²) in [6.07, 6.45) is 6.09. The molecule has 0 unspecified atom stereocenters. The Balaban J connectivity index is 1.09. The highest BCUT2D eigenvalue weighted by molar-refractivity contribution is 7.06. The van der Waals surface area contributed by atoms with Crippen molar-refractivity contribution in [1.82, 2.24) is 34.1 Å². The molecule has 2 aromatic carbocycles. The zero-order chi connectivity index (χ0) is 34.6. The third-order valence-corrected chi connectivity index (χ3v) is 11.1. The van der Waals surface area contributed by atoms with E-state index >= 15 is 4.39 Å². The number of carbonyl (C=O) groups is 1. The normalized spacial score (nSPS) is 21.0. The first kappa shape index (κ1) is 32.9. The molecular formula is C36H35ClF2N8O2S. The van der Waals surface area contributed by atoms with Crippen LogP contribution in [-0.2, 0) is 4.79 Å². The van der Waals surface area contributed by atoms with Gasteiger partial charge in [-0.25, -0.2) is 13.8 Å². The summed E-state index contributed by atoms with van der Waals surface area (Å²) in [5.41, 5.74) is 0.329. The number of alkyl halides is 1. The van der Waals surface area contributed by atoms with E-state index in [4.69, 9.17) is 21.3 Å². The second-order valence-corrected chi connectivity index (χ2v) is 14.7. The van der Waals surface area contributed by atoms with Gasteiger partial charge in [0.05, 0.1) is 10.9 Å². The molecule has 0 N–H and O–H groups in total. The van der Waals surface area contributed by atoms with Crippen LogP contribution in [0.4, 0.5) is 14.6 Å². The second kappa shape index (κ2) is 13.1. The quantitative estimate of drug-likeness (QED) is 0.161. The molecule has 3 aliphatic heterocycles. The molecule has 3 saturated heterocycles. The topological polar surface area (TPSA) is 100 Å². The van der Waals surface area contributed by atoms with E-state index in [0.717, 1.165) is 24.8 Å². The minimum Gasteiger partial charge on any atom is -0.461 e. The van der Waals surface area contributed by atoms with Crippen LogP contribution in [0.3, 0.4) is 0 Å². The third-order valence-electron chi connectivity index (χ3n) is 10.1. The summed E-state index contributed by atoms with van der Waals surface area (Å²) in [6, 6.07) is 11.1. The summed E-state index contributed by atoms with van der Waals surface area (Å²) in [5, 5.41) is 3.18. The standard InChI is InChI=1S/C36H35ClF2N8O2S/c1-21-41-28(50-44-21)10-11-29(48)46-17-22(18-46)16-45(2)34-26-15-40-32(25-8-3-6-23-7-4-9-27(37)30(23)25)31(39)33(26)42-35(43-34)49-20-36-12-5-13-47(36)19-24(38)14-36/h3-4,6-11,15,22,24H,5,12-14,16-20H2,1-2H3/b11-10+/t24-,36+/m1/s1. The summed E-state index contributed by atoms with van der Waals surface area (Å²) in [7, 11) is 1.88. The maximum Gasteiger partial charge on any atom is 0.319 e. The Morgan fingerprint density at radius 1 is 1.18 bits per heavy atom. The summed E-state index contributed by atoms with van der Waals surface area (Å²) in [5.74, 6) is 0.605. The highest BCUT2D eigenvalue weighted by Crippen LogP contribution is 2.41. The molecule has 3 fully saturated rings. The number of anilines is 1. The monoisotopic (exact) mass is 716 g/mol. The van der Waals surface area contributed by atoms with Gasteiger partial charge in [0.15, 0.2) is 5.82 Å². The van der Waals surface area contributed by atoms with Gasteiger partial charge in [0.2, 0.25) is 5.91 Å². The molecule has 1 amide bonds. The lowest BCUT2D eigenvalue weighted by Crippen LogP contribution is -2.53. The van der Waals surface area contributed by atoms with Crippen LogP contribution in [0.5, 0.6) is 6.01 Å². The van der Waals surface area contributed by atoms with Crippen molar-refractivity contribution in [2.24, 2.45) is 5.92 Å². The average molecular weight is 717 g/mol. The third kappa shape index (κ3) is 6.05. The predicted octanol–water partition coefficient (Wildman–Crippen LogP) is 6.36. The Morgan fingerprint density at radius 3 is 2.80 bits per heavy atom. The molecular weight excluding hydrogens is 682 g/mol. The molecule has 6 heterocycles. The second-order valence-electron chi connectivity index (χ2n) is 13.5. The van der Waals surface area contributed by atoms with Crippen LogP contribution < -0.4 is 9.64 Å². The molecule has 14 heteroatoms. The van der Waals surface area contributed by atoms with Crippen molar-refractivity contribution < 1.29 is 18.3 Å². The minimum absolute atomic E-state index is 0.0253. The van der Waals surface area contributed by atoms with Crippen LogP contribution in [0.2, 0.25) is 5.02 Å². The Hall–Kier alpha value is -4.33. The summed E-state index contributed by atoms with van der Waals surface area (Å²) < 4.78 is 41.7. The maximum atomic E-state index is 16.7. The lowest BCUT2D eigenvalue weighted by Gasteiger charge is -2.40. The van der Waals surface area contributed by atoms with Gasteiger partial charge < -0.3 is 14.5 Å². The number of halogens is 3. The summed E-state index contributed by atoms with van der Waals surface area (Å²) in [4.78, 5) is 36.9. The molecule has 0 spiro atoms. The number of aromatic nitrogens is 5. The lowest BCUT2D eigenvalue weighted by molar-refractivity contribution is -0.131. The number of fused-ring (bicyclic) bond motifs is 3. The number of rotatable bonds is 9. The van der Waals surface area contributed by atoms with Crippen molar-refractivity contribution in [3.8, 4) is 17.3 Å². The Morgan fingerprint density at radius 2 is 2.00 bits per heavy atom. The van der Waals surface area contributed by atoms with Crippen molar-refractivity contribution in [2.75, 3.05) is 51.3 Å². The number of likely N-dealkylation sites (tertiary alicyclic amines) is 1. The van der Waals surface area contributed by atoms with Gasteiger partial charge in [-0.1, -0.05) is 41.9 Å². The maximum absolute atomic E-state index is 16.7. The molecule has 3 aliphatic rings. The van der Waals surface area contributed by atoms with E-state index < -0.39 is 17.5 Å². The molecule has 0 radical (unpaired) electrons. The number of carbonyl (C=O) groups excluding carboxylic acids is 1. The Labute approximate surface area is 296 Å². The van der Waals surface area contributed by atoms with Crippen LogP contribution >= 0.6 is 23.1 Å².